The number of hydrogen-bond donors (Lipinski definition) is 1. The third kappa shape index (κ3) is 3.90. The molecule has 1 heterocycles. The van der Waals surface area contributed by atoms with Gasteiger partial charge in [-0.3, -0.25) is 0 Å². The Morgan fingerprint density at radius 3 is 2.65 bits per heavy atom. The lowest BCUT2D eigenvalue weighted by molar-refractivity contribution is 0.282. The highest BCUT2D eigenvalue weighted by atomic mass is 79.9. The second-order valence-electron chi connectivity index (χ2n) is 7.99. The van der Waals surface area contributed by atoms with E-state index < -0.39 is 0 Å². The van der Waals surface area contributed by atoms with Gasteiger partial charge in [-0.15, -0.1) is 0 Å². The average Bonchev–Trinajstić information content (AvgIpc) is 3.28. The lowest BCUT2D eigenvalue weighted by Crippen LogP contribution is -2.29. The molecule has 3 aromatic rings. The summed E-state index contributed by atoms with van der Waals surface area (Å²) in [6.45, 7) is 0.492. The summed E-state index contributed by atoms with van der Waals surface area (Å²) in [6, 6.07) is 21.1. The molecule has 158 valence electrons. The van der Waals surface area contributed by atoms with E-state index in [1.807, 2.05) is 18.2 Å². The quantitative estimate of drug-likeness (QED) is 0.337. The molecule has 1 aliphatic carbocycles. The second kappa shape index (κ2) is 8.71. The third-order valence-corrected chi connectivity index (χ3v) is 7.43. The van der Waals surface area contributed by atoms with Crippen molar-refractivity contribution in [2.75, 3.05) is 12.4 Å². The van der Waals surface area contributed by atoms with E-state index in [0.717, 1.165) is 32.4 Å². The molecule has 0 aromatic heterocycles. The standard InChI is InChI=1S/C26H23Br2NO2/c1-30-23-14-17(13-22(28)26(23)31-15-16-7-3-2-4-8-16)24-19-10-5-9-18(19)20-11-6-12-21(27)25(20)29-24/h2-9,11-14,18-19,24,29H,10,15H2,1H3/t18-,19-,24+/m1/s1. The molecular weight excluding hydrogens is 518 g/mol. The van der Waals surface area contributed by atoms with Crippen LogP contribution < -0.4 is 14.8 Å². The molecule has 1 N–H and O–H groups in total. The predicted molar refractivity (Wildman–Crippen MR) is 132 cm³/mol. The van der Waals surface area contributed by atoms with Crippen molar-refractivity contribution in [2.45, 2.75) is 25.0 Å². The maximum absolute atomic E-state index is 6.14. The number of allylic oxidation sites excluding steroid dienone is 2. The van der Waals surface area contributed by atoms with Gasteiger partial charge in [0.15, 0.2) is 11.5 Å². The van der Waals surface area contributed by atoms with Crippen LogP contribution in [-0.2, 0) is 6.61 Å². The van der Waals surface area contributed by atoms with E-state index >= 15 is 0 Å². The molecular formula is C26H23Br2NO2. The van der Waals surface area contributed by atoms with Crippen molar-refractivity contribution in [3.8, 4) is 11.5 Å². The Bertz CT molecular complexity index is 1130. The number of ether oxygens (including phenoxy) is 2. The number of anilines is 1. The zero-order valence-corrected chi connectivity index (χ0v) is 20.3. The lowest BCUT2D eigenvalue weighted by Gasteiger charge is -2.38. The lowest BCUT2D eigenvalue weighted by atomic mass is 9.77. The highest BCUT2D eigenvalue weighted by Gasteiger charge is 2.39. The Kier molecular flexibility index (Phi) is 5.81. The minimum absolute atomic E-state index is 0.180. The molecule has 3 aromatic carbocycles. The summed E-state index contributed by atoms with van der Waals surface area (Å²) < 4.78 is 13.9. The summed E-state index contributed by atoms with van der Waals surface area (Å²) in [4.78, 5) is 0. The van der Waals surface area contributed by atoms with Crippen LogP contribution in [0.25, 0.3) is 0 Å². The van der Waals surface area contributed by atoms with Crippen molar-refractivity contribution >= 4 is 37.5 Å². The van der Waals surface area contributed by atoms with Gasteiger partial charge in [0.05, 0.1) is 23.3 Å². The number of rotatable bonds is 5. The van der Waals surface area contributed by atoms with Crippen molar-refractivity contribution in [3.63, 3.8) is 0 Å². The topological polar surface area (TPSA) is 30.5 Å². The highest BCUT2D eigenvalue weighted by Crippen LogP contribution is 2.52. The minimum atomic E-state index is 0.180. The largest absolute Gasteiger partial charge is 0.493 e. The minimum Gasteiger partial charge on any atom is -0.493 e. The Hall–Kier alpha value is -2.24. The van der Waals surface area contributed by atoms with Crippen LogP contribution in [0.2, 0.25) is 0 Å². The first-order valence-electron chi connectivity index (χ1n) is 10.4. The van der Waals surface area contributed by atoms with Crippen LogP contribution in [0.1, 0.15) is 35.1 Å². The van der Waals surface area contributed by atoms with E-state index in [-0.39, 0.29) is 6.04 Å². The van der Waals surface area contributed by atoms with Gasteiger partial charge >= 0.3 is 0 Å². The Balaban J connectivity index is 1.48. The number of nitrogens with one attached hydrogen (secondary N) is 1. The van der Waals surface area contributed by atoms with Gasteiger partial charge in [-0.05, 0) is 79.1 Å². The molecule has 0 radical (unpaired) electrons. The molecule has 0 unspecified atom stereocenters. The van der Waals surface area contributed by atoms with Gasteiger partial charge in [0.1, 0.15) is 6.61 Å². The molecule has 0 amide bonds. The summed E-state index contributed by atoms with van der Waals surface area (Å²) in [5.41, 5.74) is 4.85. The SMILES string of the molecule is COc1cc([C@@H]2Nc3c(Br)cccc3[C@@H]3C=CC[C@H]32)cc(Br)c1OCc1ccccc1. The molecule has 2 aliphatic rings. The van der Waals surface area contributed by atoms with Crippen molar-refractivity contribution in [3.05, 3.63) is 98.5 Å². The van der Waals surface area contributed by atoms with Gasteiger partial charge in [-0.1, -0.05) is 54.6 Å². The summed E-state index contributed by atoms with van der Waals surface area (Å²) >= 11 is 7.48. The van der Waals surface area contributed by atoms with Crippen molar-refractivity contribution in [1.29, 1.82) is 0 Å². The van der Waals surface area contributed by atoms with E-state index in [1.165, 1.54) is 16.8 Å². The van der Waals surface area contributed by atoms with Crippen molar-refractivity contribution < 1.29 is 9.47 Å². The zero-order chi connectivity index (χ0) is 21.4. The van der Waals surface area contributed by atoms with Gasteiger partial charge in [0.25, 0.3) is 0 Å². The monoisotopic (exact) mass is 539 g/mol. The molecule has 5 heteroatoms. The third-order valence-electron chi connectivity index (χ3n) is 6.18. The van der Waals surface area contributed by atoms with E-state index in [0.29, 0.717) is 18.4 Å². The fraction of sp³-hybridized carbons (Fsp3) is 0.231. The zero-order valence-electron chi connectivity index (χ0n) is 17.1. The van der Waals surface area contributed by atoms with Gasteiger partial charge in [-0.25, -0.2) is 0 Å². The van der Waals surface area contributed by atoms with E-state index in [4.69, 9.17) is 9.47 Å². The number of fused-ring (bicyclic) bond motifs is 3. The van der Waals surface area contributed by atoms with Crippen LogP contribution in [-0.4, -0.2) is 7.11 Å². The molecule has 0 saturated heterocycles. The molecule has 31 heavy (non-hydrogen) atoms. The van der Waals surface area contributed by atoms with E-state index in [9.17, 15) is 0 Å². The van der Waals surface area contributed by atoms with Gasteiger partial charge in [0, 0.05) is 10.4 Å². The first-order chi connectivity index (χ1) is 15.2. The first kappa shape index (κ1) is 20.7. The first-order valence-corrected chi connectivity index (χ1v) is 12.0. The van der Waals surface area contributed by atoms with Crippen LogP contribution in [0.4, 0.5) is 5.69 Å². The molecule has 0 fully saturated rings. The van der Waals surface area contributed by atoms with Crippen LogP contribution in [0.5, 0.6) is 11.5 Å². The number of para-hydroxylation sites is 1. The van der Waals surface area contributed by atoms with Crippen LogP contribution in [0.15, 0.2) is 81.8 Å². The highest BCUT2D eigenvalue weighted by molar-refractivity contribution is 9.11. The van der Waals surface area contributed by atoms with Crippen LogP contribution >= 0.6 is 31.9 Å². The van der Waals surface area contributed by atoms with Gasteiger partial charge in [0.2, 0.25) is 0 Å². The summed E-state index contributed by atoms with van der Waals surface area (Å²) in [7, 11) is 1.70. The number of hydrogen-bond acceptors (Lipinski definition) is 3. The molecule has 1 aliphatic heterocycles. The maximum atomic E-state index is 6.14. The van der Waals surface area contributed by atoms with Crippen molar-refractivity contribution in [1.82, 2.24) is 0 Å². The van der Waals surface area contributed by atoms with Crippen LogP contribution in [0.3, 0.4) is 0 Å². The van der Waals surface area contributed by atoms with Gasteiger partial charge < -0.3 is 14.8 Å². The molecule has 3 atom stereocenters. The van der Waals surface area contributed by atoms with Crippen LogP contribution in [0, 0.1) is 5.92 Å². The Morgan fingerprint density at radius 2 is 1.84 bits per heavy atom. The fourth-order valence-corrected chi connectivity index (χ4v) is 5.77. The predicted octanol–water partition coefficient (Wildman–Crippen LogP) is 7.63. The summed E-state index contributed by atoms with van der Waals surface area (Å²) in [6.07, 6.45) is 5.72. The fourth-order valence-electron chi connectivity index (χ4n) is 4.70. The Morgan fingerprint density at radius 1 is 1.00 bits per heavy atom. The van der Waals surface area contributed by atoms with Crippen molar-refractivity contribution in [2.24, 2.45) is 5.92 Å². The summed E-state index contributed by atoms with van der Waals surface area (Å²) in [5.74, 6) is 2.35. The number of benzene rings is 3. The average molecular weight is 541 g/mol. The second-order valence-corrected chi connectivity index (χ2v) is 9.70. The summed E-state index contributed by atoms with van der Waals surface area (Å²) in [5, 5.41) is 3.80. The van der Waals surface area contributed by atoms with Gasteiger partial charge in [-0.2, -0.15) is 0 Å². The normalized spacial score (nSPS) is 21.2. The molecule has 3 nitrogen and oxygen atoms in total. The smallest absolute Gasteiger partial charge is 0.175 e. The van der Waals surface area contributed by atoms with E-state index in [1.54, 1.807) is 7.11 Å². The Labute approximate surface area is 199 Å². The van der Waals surface area contributed by atoms with E-state index in [2.05, 4.69) is 91.8 Å². The maximum Gasteiger partial charge on any atom is 0.175 e. The number of halogens is 2. The molecule has 5 rings (SSSR count). The molecule has 0 bridgehead atoms. The molecule has 0 saturated carbocycles. The molecule has 0 spiro atoms. The number of methoxy groups -OCH3 is 1.